The summed E-state index contributed by atoms with van der Waals surface area (Å²) in [7, 11) is 0. The fraction of sp³-hybridized carbons (Fsp3) is 0.400. The number of aromatic nitrogens is 3. The minimum Gasteiger partial charge on any atom is -0.406 e. The normalized spacial score (nSPS) is 12.9. The number of alkyl halides is 3. The van der Waals surface area contributed by atoms with Crippen LogP contribution in [0.25, 0.3) is 0 Å². The number of halogens is 3. The Morgan fingerprint density at radius 3 is 2.24 bits per heavy atom. The maximum absolute atomic E-state index is 12.1. The predicted octanol–water partition coefficient (Wildman–Crippen LogP) is 2.58. The summed E-state index contributed by atoms with van der Waals surface area (Å²) in [5, 5.41) is 2.83. The van der Waals surface area contributed by atoms with E-state index in [-0.39, 0.29) is 17.7 Å². The lowest BCUT2D eigenvalue weighted by Crippen LogP contribution is -2.39. The van der Waals surface area contributed by atoms with E-state index in [1.165, 1.54) is 24.3 Å². The predicted molar refractivity (Wildman–Crippen MR) is 84.7 cm³/mol. The van der Waals surface area contributed by atoms with E-state index in [1.807, 2.05) is 0 Å². The molecule has 0 saturated carbocycles. The second kappa shape index (κ2) is 6.99. The molecule has 0 aliphatic carbocycles. The van der Waals surface area contributed by atoms with Crippen molar-refractivity contribution in [3.05, 3.63) is 50.8 Å². The Balaban J connectivity index is 2.16. The molecule has 0 unspecified atom stereocenters. The molecule has 136 valence electrons. The molecule has 2 aromatic rings. The minimum atomic E-state index is -4.75. The van der Waals surface area contributed by atoms with Gasteiger partial charge in [0, 0.05) is 6.04 Å². The van der Waals surface area contributed by atoms with Crippen molar-refractivity contribution in [3.8, 4) is 5.75 Å². The fourth-order valence-corrected chi connectivity index (χ4v) is 2.20. The molecule has 1 aromatic carbocycles. The molecule has 0 amide bonds. The number of nitrogens with zero attached hydrogens (tertiary/aromatic N) is 2. The second-order valence-corrected chi connectivity index (χ2v) is 5.62. The van der Waals surface area contributed by atoms with Gasteiger partial charge in [0.1, 0.15) is 5.75 Å². The first-order chi connectivity index (χ1) is 11.6. The molecule has 0 bridgehead atoms. The Morgan fingerprint density at radius 2 is 1.76 bits per heavy atom. The van der Waals surface area contributed by atoms with Crippen molar-refractivity contribution in [3.63, 3.8) is 0 Å². The van der Waals surface area contributed by atoms with Crippen LogP contribution in [0.5, 0.6) is 5.75 Å². The van der Waals surface area contributed by atoms with E-state index in [1.54, 1.807) is 20.8 Å². The Kier molecular flexibility index (Phi) is 5.19. The van der Waals surface area contributed by atoms with Gasteiger partial charge in [0.15, 0.2) is 0 Å². The number of rotatable bonds is 5. The van der Waals surface area contributed by atoms with E-state index < -0.39 is 23.8 Å². The van der Waals surface area contributed by atoms with Gasteiger partial charge in [0.05, 0.1) is 6.04 Å². The average Bonchev–Trinajstić information content (AvgIpc) is 2.44. The highest BCUT2D eigenvalue weighted by Gasteiger charge is 2.31. The molecular formula is C15H17F3N4O3. The van der Waals surface area contributed by atoms with Gasteiger partial charge in [-0.15, -0.1) is 13.2 Å². The Morgan fingerprint density at radius 1 is 1.16 bits per heavy atom. The molecule has 0 saturated heterocycles. The zero-order valence-electron chi connectivity index (χ0n) is 13.7. The summed E-state index contributed by atoms with van der Waals surface area (Å²) in [6, 6.07) is 4.47. The molecule has 25 heavy (non-hydrogen) atoms. The highest BCUT2D eigenvalue weighted by atomic mass is 19.4. The van der Waals surface area contributed by atoms with Gasteiger partial charge in [-0.3, -0.25) is 4.98 Å². The molecule has 1 atom stereocenters. The van der Waals surface area contributed by atoms with Crippen molar-refractivity contribution in [1.82, 2.24) is 14.5 Å². The van der Waals surface area contributed by atoms with Crippen LogP contribution in [-0.4, -0.2) is 20.9 Å². The number of nitrogens with one attached hydrogen (secondary N) is 2. The van der Waals surface area contributed by atoms with Gasteiger partial charge in [0.2, 0.25) is 5.95 Å². The summed E-state index contributed by atoms with van der Waals surface area (Å²) < 4.78 is 41.2. The number of benzene rings is 1. The van der Waals surface area contributed by atoms with Gasteiger partial charge < -0.3 is 10.1 Å². The van der Waals surface area contributed by atoms with Crippen LogP contribution in [0.2, 0.25) is 0 Å². The van der Waals surface area contributed by atoms with Crippen LogP contribution in [0.1, 0.15) is 38.4 Å². The van der Waals surface area contributed by atoms with Gasteiger partial charge in [-0.1, -0.05) is 12.1 Å². The zero-order valence-corrected chi connectivity index (χ0v) is 13.7. The summed E-state index contributed by atoms with van der Waals surface area (Å²) in [4.78, 5) is 30.0. The maximum atomic E-state index is 12.1. The van der Waals surface area contributed by atoms with E-state index in [2.05, 4.69) is 20.0 Å². The first kappa shape index (κ1) is 18.6. The molecule has 2 N–H and O–H groups in total. The van der Waals surface area contributed by atoms with Crippen molar-refractivity contribution in [2.45, 2.75) is 39.2 Å². The van der Waals surface area contributed by atoms with Gasteiger partial charge in [0.25, 0.3) is 0 Å². The van der Waals surface area contributed by atoms with Gasteiger partial charge in [-0.05, 0) is 38.5 Å². The van der Waals surface area contributed by atoms with Crippen molar-refractivity contribution in [2.75, 3.05) is 5.32 Å². The average molecular weight is 358 g/mol. The highest BCUT2D eigenvalue weighted by molar-refractivity contribution is 5.34. The summed E-state index contributed by atoms with van der Waals surface area (Å²) >= 11 is 0. The van der Waals surface area contributed by atoms with Crippen LogP contribution >= 0.6 is 0 Å². The molecule has 0 fully saturated rings. The molecule has 1 aromatic heterocycles. The van der Waals surface area contributed by atoms with E-state index in [9.17, 15) is 22.8 Å². The van der Waals surface area contributed by atoms with Crippen molar-refractivity contribution >= 4 is 5.95 Å². The van der Waals surface area contributed by atoms with Crippen LogP contribution in [0, 0.1) is 0 Å². The largest absolute Gasteiger partial charge is 0.573 e. The standard InChI is InChI=1S/C15H17F3N4O3/c1-8(2)22-13(23)20-12(21-14(22)24)19-9(3)10-4-6-11(7-5-10)25-15(16,17)18/h4-9H,1-3H3,(H2,19,20,21,23,24)/t9-/m0/s1. The molecular weight excluding hydrogens is 341 g/mol. The molecule has 0 aliphatic rings. The monoisotopic (exact) mass is 358 g/mol. The van der Waals surface area contributed by atoms with Gasteiger partial charge in [-0.2, -0.15) is 4.98 Å². The summed E-state index contributed by atoms with van der Waals surface area (Å²) in [5.74, 6) is -0.357. The van der Waals surface area contributed by atoms with Crippen LogP contribution < -0.4 is 21.4 Å². The molecule has 0 spiro atoms. The van der Waals surface area contributed by atoms with Gasteiger partial charge in [-0.25, -0.2) is 14.2 Å². The van der Waals surface area contributed by atoms with Crippen molar-refractivity contribution < 1.29 is 17.9 Å². The molecule has 0 radical (unpaired) electrons. The topological polar surface area (TPSA) is 89.0 Å². The van der Waals surface area contributed by atoms with Crippen LogP contribution in [0.4, 0.5) is 19.1 Å². The third-order valence-corrected chi connectivity index (χ3v) is 3.34. The fourth-order valence-electron chi connectivity index (χ4n) is 2.20. The van der Waals surface area contributed by atoms with E-state index in [4.69, 9.17) is 0 Å². The molecule has 7 nitrogen and oxygen atoms in total. The number of hydrogen-bond donors (Lipinski definition) is 2. The Labute approximate surface area is 140 Å². The lowest BCUT2D eigenvalue weighted by Gasteiger charge is -2.16. The molecule has 2 rings (SSSR count). The maximum Gasteiger partial charge on any atom is 0.573 e. The van der Waals surface area contributed by atoms with Gasteiger partial charge >= 0.3 is 17.7 Å². The summed E-state index contributed by atoms with van der Waals surface area (Å²) in [5.41, 5.74) is -0.675. The lowest BCUT2D eigenvalue weighted by molar-refractivity contribution is -0.274. The molecule has 1 heterocycles. The van der Waals surface area contributed by atoms with Crippen LogP contribution in [0.3, 0.4) is 0 Å². The van der Waals surface area contributed by atoms with E-state index >= 15 is 0 Å². The first-order valence-electron chi connectivity index (χ1n) is 7.42. The van der Waals surface area contributed by atoms with Crippen LogP contribution in [-0.2, 0) is 0 Å². The molecule has 0 aliphatic heterocycles. The third kappa shape index (κ3) is 4.85. The zero-order chi connectivity index (χ0) is 18.8. The number of H-pyrrole nitrogens is 1. The quantitative estimate of drug-likeness (QED) is 0.858. The number of ether oxygens (including phenoxy) is 1. The lowest BCUT2D eigenvalue weighted by atomic mass is 10.1. The second-order valence-electron chi connectivity index (χ2n) is 5.62. The van der Waals surface area contributed by atoms with Crippen molar-refractivity contribution in [2.24, 2.45) is 0 Å². The Bertz CT molecular complexity index is 810. The molecule has 10 heteroatoms. The van der Waals surface area contributed by atoms with Crippen LogP contribution in [0.15, 0.2) is 33.9 Å². The Hall–Kier alpha value is -2.78. The highest BCUT2D eigenvalue weighted by Crippen LogP contribution is 2.25. The summed E-state index contributed by atoms with van der Waals surface area (Å²) in [6.45, 7) is 5.06. The van der Waals surface area contributed by atoms with E-state index in [0.29, 0.717) is 5.56 Å². The minimum absolute atomic E-state index is 0.0185. The third-order valence-electron chi connectivity index (χ3n) is 3.34. The first-order valence-corrected chi connectivity index (χ1v) is 7.42. The number of hydrogen-bond acceptors (Lipinski definition) is 5. The number of anilines is 1. The van der Waals surface area contributed by atoms with Crippen molar-refractivity contribution in [1.29, 1.82) is 0 Å². The smallest absolute Gasteiger partial charge is 0.406 e. The van der Waals surface area contributed by atoms with E-state index in [0.717, 1.165) is 4.57 Å². The summed E-state index contributed by atoms with van der Waals surface area (Å²) in [6.07, 6.45) is -4.75. The number of aromatic amines is 1. The SMILES string of the molecule is CC(C)n1c(=O)nc(N[C@@H](C)c2ccc(OC(F)(F)F)cc2)[nH]c1=O.